The molecule has 1 N–H and O–H groups in total. The smallest absolute Gasteiger partial charge is 0.266 e. The zero-order valence-electron chi connectivity index (χ0n) is 12.5. The number of nitrogens with zero attached hydrogens (tertiary/aromatic N) is 5. The Kier molecular flexibility index (Phi) is 4.00. The topological polar surface area (TPSA) is 108 Å². The number of tetrazole rings is 1. The van der Waals surface area contributed by atoms with Crippen molar-refractivity contribution < 1.29 is 14.1 Å². The largest absolute Gasteiger partial charge is 0.481 e. The molecule has 0 saturated heterocycles. The predicted molar refractivity (Wildman–Crippen MR) is 79.1 cm³/mol. The SMILES string of the molecule is Cc1cc(NC(=O)C(C)Oc2cccc(-n3cnnn3)c2)no1. The van der Waals surface area contributed by atoms with Gasteiger partial charge in [-0.15, -0.1) is 5.10 Å². The fourth-order valence-corrected chi connectivity index (χ4v) is 1.89. The van der Waals surface area contributed by atoms with Crippen LogP contribution in [0.3, 0.4) is 0 Å². The van der Waals surface area contributed by atoms with Gasteiger partial charge >= 0.3 is 0 Å². The average Bonchev–Trinajstić information content (AvgIpc) is 3.19. The van der Waals surface area contributed by atoms with E-state index >= 15 is 0 Å². The second-order valence-corrected chi connectivity index (χ2v) is 4.82. The van der Waals surface area contributed by atoms with Crippen molar-refractivity contribution in [2.75, 3.05) is 5.32 Å². The van der Waals surface area contributed by atoms with Crippen LogP contribution >= 0.6 is 0 Å². The Morgan fingerprint density at radius 2 is 2.26 bits per heavy atom. The Balaban J connectivity index is 1.66. The molecule has 9 heteroatoms. The number of ether oxygens (including phenoxy) is 1. The molecule has 1 atom stereocenters. The Morgan fingerprint density at radius 3 is 2.96 bits per heavy atom. The van der Waals surface area contributed by atoms with Crippen molar-refractivity contribution in [3.05, 3.63) is 42.4 Å². The first-order chi connectivity index (χ1) is 11.1. The van der Waals surface area contributed by atoms with Gasteiger partial charge in [-0.2, -0.15) is 0 Å². The van der Waals surface area contributed by atoms with Gasteiger partial charge in [0.2, 0.25) is 0 Å². The first-order valence-corrected chi connectivity index (χ1v) is 6.86. The van der Waals surface area contributed by atoms with E-state index in [9.17, 15) is 4.79 Å². The highest BCUT2D eigenvalue weighted by molar-refractivity contribution is 5.93. The lowest BCUT2D eigenvalue weighted by Gasteiger charge is -2.14. The van der Waals surface area contributed by atoms with Gasteiger partial charge in [0.05, 0.1) is 5.69 Å². The van der Waals surface area contributed by atoms with Gasteiger partial charge in [-0.05, 0) is 36.4 Å². The average molecular weight is 314 g/mol. The molecule has 23 heavy (non-hydrogen) atoms. The highest BCUT2D eigenvalue weighted by Crippen LogP contribution is 2.17. The van der Waals surface area contributed by atoms with Crippen LogP contribution in [0, 0.1) is 6.92 Å². The van der Waals surface area contributed by atoms with E-state index in [4.69, 9.17) is 9.26 Å². The first-order valence-electron chi connectivity index (χ1n) is 6.86. The summed E-state index contributed by atoms with van der Waals surface area (Å²) < 4.78 is 12.0. The van der Waals surface area contributed by atoms with Crippen LogP contribution in [0.1, 0.15) is 12.7 Å². The second-order valence-electron chi connectivity index (χ2n) is 4.82. The second kappa shape index (κ2) is 6.26. The van der Waals surface area contributed by atoms with Crippen molar-refractivity contribution in [3.63, 3.8) is 0 Å². The summed E-state index contributed by atoms with van der Waals surface area (Å²) in [7, 11) is 0. The number of anilines is 1. The minimum absolute atomic E-state index is 0.328. The maximum Gasteiger partial charge on any atom is 0.266 e. The van der Waals surface area contributed by atoms with E-state index in [1.807, 2.05) is 6.07 Å². The summed E-state index contributed by atoms with van der Waals surface area (Å²) in [6.45, 7) is 3.39. The van der Waals surface area contributed by atoms with E-state index in [0.717, 1.165) is 5.69 Å². The molecule has 2 heterocycles. The van der Waals surface area contributed by atoms with Gasteiger partial charge in [-0.3, -0.25) is 4.79 Å². The van der Waals surface area contributed by atoms with Gasteiger partial charge in [0.25, 0.3) is 5.91 Å². The molecular weight excluding hydrogens is 300 g/mol. The summed E-state index contributed by atoms with van der Waals surface area (Å²) in [6, 6.07) is 8.73. The van der Waals surface area contributed by atoms with Crippen LogP contribution < -0.4 is 10.1 Å². The molecule has 0 radical (unpaired) electrons. The van der Waals surface area contributed by atoms with Crippen LogP contribution in [-0.4, -0.2) is 37.4 Å². The number of rotatable bonds is 5. The van der Waals surface area contributed by atoms with Crippen molar-refractivity contribution in [1.29, 1.82) is 0 Å². The summed E-state index contributed by atoms with van der Waals surface area (Å²) >= 11 is 0. The third kappa shape index (κ3) is 3.51. The maximum atomic E-state index is 12.1. The molecule has 0 spiro atoms. The van der Waals surface area contributed by atoms with Crippen molar-refractivity contribution in [3.8, 4) is 11.4 Å². The molecule has 0 aliphatic carbocycles. The molecule has 9 nitrogen and oxygen atoms in total. The van der Waals surface area contributed by atoms with E-state index in [1.54, 1.807) is 38.1 Å². The third-order valence-corrected chi connectivity index (χ3v) is 2.99. The van der Waals surface area contributed by atoms with Crippen molar-refractivity contribution in [1.82, 2.24) is 25.4 Å². The fourth-order valence-electron chi connectivity index (χ4n) is 1.89. The molecule has 1 amide bonds. The van der Waals surface area contributed by atoms with Gasteiger partial charge in [0, 0.05) is 12.1 Å². The van der Waals surface area contributed by atoms with Gasteiger partial charge in [-0.1, -0.05) is 11.2 Å². The third-order valence-electron chi connectivity index (χ3n) is 2.99. The molecular formula is C14H14N6O3. The number of aryl methyl sites for hydroxylation is 1. The number of nitrogens with one attached hydrogen (secondary N) is 1. The fraction of sp³-hybridized carbons (Fsp3) is 0.214. The minimum Gasteiger partial charge on any atom is -0.481 e. The molecule has 1 aromatic carbocycles. The first kappa shape index (κ1) is 14.7. The van der Waals surface area contributed by atoms with E-state index < -0.39 is 6.10 Å². The summed E-state index contributed by atoms with van der Waals surface area (Å²) in [4.78, 5) is 12.1. The Labute approximate surface area is 131 Å². The highest BCUT2D eigenvalue weighted by Gasteiger charge is 2.16. The molecule has 2 aromatic heterocycles. The van der Waals surface area contributed by atoms with Crippen LogP contribution in [0.2, 0.25) is 0 Å². The standard InChI is InChI=1S/C14H14N6O3/c1-9-6-13(17-23-9)16-14(21)10(2)22-12-5-3-4-11(7-12)20-8-15-18-19-20/h3-8,10H,1-2H3,(H,16,17,21). The van der Waals surface area contributed by atoms with Crippen LogP contribution in [-0.2, 0) is 4.79 Å². The number of amides is 1. The molecule has 0 aliphatic rings. The van der Waals surface area contributed by atoms with Crippen LogP contribution in [0.15, 0.2) is 41.2 Å². The van der Waals surface area contributed by atoms with Crippen molar-refractivity contribution in [2.45, 2.75) is 20.0 Å². The minimum atomic E-state index is -0.712. The molecule has 3 rings (SSSR count). The number of aromatic nitrogens is 5. The van der Waals surface area contributed by atoms with E-state index in [1.165, 1.54) is 11.0 Å². The predicted octanol–water partition coefficient (Wildman–Crippen LogP) is 1.36. The van der Waals surface area contributed by atoms with Gasteiger partial charge in [-0.25, -0.2) is 4.68 Å². The van der Waals surface area contributed by atoms with Crippen molar-refractivity contribution >= 4 is 11.7 Å². The lowest BCUT2D eigenvalue weighted by Crippen LogP contribution is -2.30. The summed E-state index contributed by atoms with van der Waals surface area (Å²) in [6.07, 6.45) is 0.762. The van der Waals surface area contributed by atoms with E-state index in [0.29, 0.717) is 17.3 Å². The monoisotopic (exact) mass is 314 g/mol. The van der Waals surface area contributed by atoms with Crippen molar-refractivity contribution in [2.24, 2.45) is 0 Å². The Morgan fingerprint density at radius 1 is 1.39 bits per heavy atom. The van der Waals surface area contributed by atoms with E-state index in [-0.39, 0.29) is 5.91 Å². The highest BCUT2D eigenvalue weighted by atomic mass is 16.5. The summed E-state index contributed by atoms with van der Waals surface area (Å²) in [5.74, 6) is 1.16. The van der Waals surface area contributed by atoms with Gasteiger partial charge < -0.3 is 14.6 Å². The number of carbonyl (C=O) groups is 1. The number of carbonyl (C=O) groups excluding carboxylic acids is 1. The molecule has 3 aromatic rings. The van der Waals surface area contributed by atoms with Crippen LogP contribution in [0.5, 0.6) is 5.75 Å². The normalized spacial score (nSPS) is 11.9. The zero-order chi connectivity index (χ0) is 16.2. The number of hydrogen-bond acceptors (Lipinski definition) is 7. The lowest BCUT2D eigenvalue weighted by molar-refractivity contribution is -0.122. The Hall–Kier alpha value is -3.23. The zero-order valence-corrected chi connectivity index (χ0v) is 12.5. The summed E-state index contributed by atoms with van der Waals surface area (Å²) in [5, 5.41) is 17.3. The summed E-state index contributed by atoms with van der Waals surface area (Å²) in [5.41, 5.74) is 0.729. The van der Waals surface area contributed by atoms with Crippen LogP contribution in [0.4, 0.5) is 5.82 Å². The molecule has 0 saturated carbocycles. The Bertz CT molecular complexity index is 798. The van der Waals surface area contributed by atoms with Gasteiger partial charge in [0.1, 0.15) is 17.8 Å². The lowest BCUT2D eigenvalue weighted by atomic mass is 10.3. The van der Waals surface area contributed by atoms with Gasteiger partial charge in [0.15, 0.2) is 11.9 Å². The number of benzene rings is 1. The van der Waals surface area contributed by atoms with E-state index in [2.05, 4.69) is 26.0 Å². The number of hydrogen-bond donors (Lipinski definition) is 1. The quantitative estimate of drug-likeness (QED) is 0.757. The molecule has 118 valence electrons. The molecule has 0 bridgehead atoms. The van der Waals surface area contributed by atoms with Crippen LogP contribution in [0.25, 0.3) is 5.69 Å². The molecule has 1 unspecified atom stereocenters. The molecule has 0 fully saturated rings. The maximum absolute atomic E-state index is 12.1. The molecule has 0 aliphatic heterocycles.